The van der Waals surface area contributed by atoms with Crippen molar-refractivity contribution in [3.8, 4) is 0 Å². The van der Waals surface area contributed by atoms with Crippen LogP contribution in [0.1, 0.15) is 24.1 Å². The predicted octanol–water partition coefficient (Wildman–Crippen LogP) is 1.93. The molecule has 5 nitrogen and oxygen atoms in total. The van der Waals surface area contributed by atoms with Gasteiger partial charge < -0.3 is 9.30 Å². The zero-order chi connectivity index (χ0) is 13.8. The summed E-state index contributed by atoms with van der Waals surface area (Å²) < 4.78 is 7.69. The van der Waals surface area contributed by atoms with Crippen molar-refractivity contribution in [2.45, 2.75) is 33.0 Å². The van der Waals surface area contributed by atoms with Crippen molar-refractivity contribution in [2.75, 3.05) is 19.7 Å². The maximum atomic E-state index is 5.46. The highest BCUT2D eigenvalue weighted by Gasteiger charge is 2.18. The molecule has 0 spiro atoms. The lowest BCUT2D eigenvalue weighted by molar-refractivity contribution is 0.125. The maximum absolute atomic E-state index is 5.46. The van der Waals surface area contributed by atoms with Crippen LogP contribution in [0.25, 0.3) is 0 Å². The van der Waals surface area contributed by atoms with E-state index in [9.17, 15) is 0 Å². The molecule has 0 aliphatic carbocycles. The summed E-state index contributed by atoms with van der Waals surface area (Å²) in [7, 11) is 0. The number of aromatic nitrogens is 3. The van der Waals surface area contributed by atoms with Crippen LogP contribution in [0.15, 0.2) is 16.8 Å². The van der Waals surface area contributed by atoms with Crippen LogP contribution in [-0.4, -0.2) is 39.4 Å². The van der Waals surface area contributed by atoms with E-state index in [-0.39, 0.29) is 0 Å². The molecule has 0 aromatic carbocycles. The van der Waals surface area contributed by atoms with Crippen molar-refractivity contribution in [3.05, 3.63) is 34.0 Å². The summed E-state index contributed by atoms with van der Waals surface area (Å²) in [4.78, 5) is 2.49. The molecule has 0 radical (unpaired) electrons. The van der Waals surface area contributed by atoms with E-state index in [1.807, 2.05) is 6.92 Å². The van der Waals surface area contributed by atoms with Gasteiger partial charge in [-0.25, -0.2) is 0 Å². The third-order valence-electron chi connectivity index (χ3n) is 3.62. The number of hydrogen-bond donors (Lipinski definition) is 0. The Morgan fingerprint density at radius 1 is 1.30 bits per heavy atom. The average Bonchev–Trinajstić information content (AvgIpc) is 3.05. The molecule has 0 saturated heterocycles. The predicted molar refractivity (Wildman–Crippen MR) is 78.7 cm³/mol. The maximum Gasteiger partial charge on any atom is 0.159 e. The molecule has 0 saturated carbocycles. The third-order valence-corrected chi connectivity index (χ3v) is 4.35. The molecule has 2 aromatic rings. The molecule has 0 amide bonds. The van der Waals surface area contributed by atoms with Gasteiger partial charge in [0.15, 0.2) is 5.82 Å². The van der Waals surface area contributed by atoms with Gasteiger partial charge in [0.05, 0.1) is 0 Å². The monoisotopic (exact) mass is 292 g/mol. The lowest BCUT2D eigenvalue weighted by atomic mass is 10.3. The Bertz CT molecular complexity index is 537. The number of thiophene rings is 1. The van der Waals surface area contributed by atoms with Crippen molar-refractivity contribution >= 4 is 11.3 Å². The van der Waals surface area contributed by atoms with E-state index in [4.69, 9.17) is 4.74 Å². The van der Waals surface area contributed by atoms with Gasteiger partial charge >= 0.3 is 0 Å². The Balaban J connectivity index is 1.64. The fraction of sp³-hybridized carbons (Fsp3) is 0.571. The number of ether oxygens (including phenoxy) is 1. The van der Waals surface area contributed by atoms with Crippen LogP contribution in [0.3, 0.4) is 0 Å². The fourth-order valence-electron chi connectivity index (χ4n) is 2.53. The van der Waals surface area contributed by atoms with Crippen LogP contribution in [0, 0.1) is 0 Å². The molecular formula is C14H20N4OS. The third kappa shape index (κ3) is 3.08. The molecule has 0 unspecified atom stereocenters. The minimum absolute atomic E-state index is 0.564. The first-order chi connectivity index (χ1) is 9.86. The Morgan fingerprint density at radius 2 is 2.25 bits per heavy atom. The molecular weight excluding hydrogens is 272 g/mol. The number of hydrogen-bond acceptors (Lipinski definition) is 5. The number of nitrogens with zero attached hydrogens (tertiary/aromatic N) is 4. The first-order valence-electron chi connectivity index (χ1n) is 7.09. The second-order valence-electron chi connectivity index (χ2n) is 4.98. The van der Waals surface area contributed by atoms with E-state index in [1.54, 1.807) is 11.3 Å². The minimum Gasteiger partial charge on any atom is -0.374 e. The molecule has 1 aliphatic rings. The van der Waals surface area contributed by atoms with Crippen LogP contribution in [0.5, 0.6) is 0 Å². The first kappa shape index (κ1) is 13.7. The van der Waals surface area contributed by atoms with Crippen molar-refractivity contribution in [1.29, 1.82) is 0 Å². The van der Waals surface area contributed by atoms with Crippen LogP contribution in [0.2, 0.25) is 0 Å². The molecule has 0 atom stereocenters. The van der Waals surface area contributed by atoms with Crippen molar-refractivity contribution in [2.24, 2.45) is 0 Å². The van der Waals surface area contributed by atoms with Crippen LogP contribution >= 0.6 is 11.3 Å². The summed E-state index contributed by atoms with van der Waals surface area (Å²) in [5.74, 6) is 2.05. The Hall–Kier alpha value is -1.24. The van der Waals surface area contributed by atoms with E-state index in [2.05, 4.69) is 36.5 Å². The van der Waals surface area contributed by atoms with Crippen molar-refractivity contribution < 1.29 is 4.74 Å². The molecule has 3 heterocycles. The van der Waals surface area contributed by atoms with Gasteiger partial charge in [-0.15, -0.1) is 10.2 Å². The molecule has 3 rings (SSSR count). The second kappa shape index (κ2) is 6.47. The van der Waals surface area contributed by atoms with E-state index < -0.39 is 0 Å². The van der Waals surface area contributed by atoms with Crippen molar-refractivity contribution in [3.63, 3.8) is 0 Å². The largest absolute Gasteiger partial charge is 0.374 e. The Labute approximate surface area is 123 Å². The number of fused-ring (bicyclic) bond motifs is 1. The topological polar surface area (TPSA) is 43.2 Å². The van der Waals surface area contributed by atoms with Gasteiger partial charge in [-0.3, -0.25) is 4.90 Å². The molecule has 1 aliphatic heterocycles. The smallest absolute Gasteiger partial charge is 0.159 e. The summed E-state index contributed by atoms with van der Waals surface area (Å²) in [6.45, 7) is 7.35. The summed E-state index contributed by atoms with van der Waals surface area (Å²) in [5, 5.41) is 12.9. The van der Waals surface area contributed by atoms with Gasteiger partial charge in [0.2, 0.25) is 0 Å². The SMILES string of the molecule is CCOCc1nnc2n1CCN(Cc1ccsc1)CC2. The molecule has 0 N–H and O–H groups in total. The lowest BCUT2D eigenvalue weighted by Gasteiger charge is -2.18. The lowest BCUT2D eigenvalue weighted by Crippen LogP contribution is -2.26. The zero-order valence-electron chi connectivity index (χ0n) is 11.8. The quantitative estimate of drug-likeness (QED) is 0.844. The van der Waals surface area contributed by atoms with Gasteiger partial charge in [0, 0.05) is 39.2 Å². The molecule has 6 heteroatoms. The second-order valence-corrected chi connectivity index (χ2v) is 5.76. The van der Waals surface area contributed by atoms with Crippen LogP contribution in [-0.2, 0) is 30.9 Å². The minimum atomic E-state index is 0.564. The molecule has 108 valence electrons. The summed E-state index contributed by atoms with van der Waals surface area (Å²) in [6.07, 6.45) is 0.962. The fourth-order valence-corrected chi connectivity index (χ4v) is 3.19. The first-order valence-corrected chi connectivity index (χ1v) is 8.03. The highest BCUT2D eigenvalue weighted by Crippen LogP contribution is 2.14. The van der Waals surface area contributed by atoms with Crippen LogP contribution in [0.4, 0.5) is 0 Å². The average molecular weight is 292 g/mol. The summed E-state index contributed by atoms with van der Waals surface area (Å²) in [6, 6.07) is 2.20. The van der Waals surface area contributed by atoms with Gasteiger partial charge in [0.25, 0.3) is 0 Å². The van der Waals surface area contributed by atoms with E-state index >= 15 is 0 Å². The zero-order valence-corrected chi connectivity index (χ0v) is 12.6. The molecule has 2 aromatic heterocycles. The molecule has 0 bridgehead atoms. The van der Waals surface area contributed by atoms with Crippen LogP contribution < -0.4 is 0 Å². The van der Waals surface area contributed by atoms with Gasteiger partial charge in [0.1, 0.15) is 12.4 Å². The standard InChI is InChI=1S/C14H20N4OS/c1-2-19-10-14-16-15-13-3-5-17(6-7-18(13)14)9-12-4-8-20-11-12/h4,8,11H,2-3,5-7,9-10H2,1H3. The summed E-state index contributed by atoms with van der Waals surface area (Å²) in [5.41, 5.74) is 1.40. The van der Waals surface area contributed by atoms with Gasteiger partial charge in [-0.05, 0) is 29.3 Å². The number of rotatable bonds is 5. The van der Waals surface area contributed by atoms with Crippen molar-refractivity contribution in [1.82, 2.24) is 19.7 Å². The normalized spacial score (nSPS) is 16.1. The summed E-state index contributed by atoms with van der Waals surface area (Å²) >= 11 is 1.76. The molecule has 0 fully saturated rings. The van der Waals surface area contributed by atoms with Gasteiger partial charge in [-0.2, -0.15) is 11.3 Å². The Kier molecular flexibility index (Phi) is 4.44. The highest BCUT2D eigenvalue weighted by atomic mass is 32.1. The van der Waals surface area contributed by atoms with E-state index in [1.165, 1.54) is 5.56 Å². The highest BCUT2D eigenvalue weighted by molar-refractivity contribution is 7.07. The Morgan fingerprint density at radius 3 is 3.05 bits per heavy atom. The van der Waals surface area contributed by atoms with E-state index in [0.29, 0.717) is 13.2 Å². The molecule has 20 heavy (non-hydrogen) atoms. The van der Waals surface area contributed by atoms with Gasteiger partial charge in [-0.1, -0.05) is 0 Å². The van der Waals surface area contributed by atoms with E-state index in [0.717, 1.165) is 44.2 Å².